The van der Waals surface area contributed by atoms with Crippen molar-refractivity contribution in [3.63, 3.8) is 0 Å². The van der Waals surface area contributed by atoms with Crippen molar-refractivity contribution < 1.29 is 27.5 Å². The molecule has 0 radical (unpaired) electrons. The van der Waals surface area contributed by atoms with E-state index in [4.69, 9.17) is 5.84 Å². The zero-order valence-electron chi connectivity index (χ0n) is 9.45. The summed E-state index contributed by atoms with van der Waals surface area (Å²) in [5.74, 6) is 2.10. The predicted octanol–water partition coefficient (Wildman–Crippen LogP) is 0.191. The van der Waals surface area contributed by atoms with Gasteiger partial charge in [0.2, 0.25) is 0 Å². The second kappa shape index (κ2) is 6.05. The number of nitrogens with two attached hydrogens (primary N) is 1. The molecule has 19 heavy (non-hydrogen) atoms. The van der Waals surface area contributed by atoms with Crippen LogP contribution in [0, 0.1) is 0 Å². The third kappa shape index (κ3) is 4.84. The van der Waals surface area contributed by atoms with Crippen LogP contribution in [0.15, 0.2) is 24.3 Å². The van der Waals surface area contributed by atoms with Gasteiger partial charge >= 0.3 is 18.2 Å². The zero-order chi connectivity index (χ0) is 14.5. The summed E-state index contributed by atoms with van der Waals surface area (Å²) < 4.78 is 40.1. The average molecular weight is 277 g/mol. The highest BCUT2D eigenvalue weighted by molar-refractivity contribution is 6.34. The molecule has 4 N–H and O–H groups in total. The second-order valence-corrected chi connectivity index (χ2v) is 3.31. The second-order valence-electron chi connectivity index (χ2n) is 3.31. The molecule has 0 heterocycles. The van der Waals surface area contributed by atoms with Crippen molar-refractivity contribution in [1.82, 2.24) is 10.7 Å². The van der Waals surface area contributed by atoms with E-state index >= 15 is 0 Å². The first kappa shape index (κ1) is 14.8. The number of rotatable bonds is 3. The minimum absolute atomic E-state index is 0.0676. The highest BCUT2D eigenvalue weighted by Gasteiger charge is 2.32. The molecule has 0 atom stereocenters. The Morgan fingerprint density at radius 1 is 1.21 bits per heavy atom. The van der Waals surface area contributed by atoms with Crippen molar-refractivity contribution in [3.8, 4) is 5.75 Å². The maximum absolute atomic E-state index is 12.1. The number of para-hydroxylation sites is 1. The van der Waals surface area contributed by atoms with Gasteiger partial charge in [0.1, 0.15) is 5.75 Å². The van der Waals surface area contributed by atoms with Crippen LogP contribution in [0.5, 0.6) is 5.75 Å². The van der Waals surface area contributed by atoms with E-state index in [-0.39, 0.29) is 12.1 Å². The van der Waals surface area contributed by atoms with Crippen molar-refractivity contribution in [3.05, 3.63) is 29.8 Å². The van der Waals surface area contributed by atoms with Crippen LogP contribution in [-0.4, -0.2) is 18.2 Å². The van der Waals surface area contributed by atoms with Crippen LogP contribution in [0.2, 0.25) is 0 Å². The van der Waals surface area contributed by atoms with Gasteiger partial charge in [0.05, 0.1) is 0 Å². The Morgan fingerprint density at radius 3 is 2.42 bits per heavy atom. The molecule has 9 heteroatoms. The first-order chi connectivity index (χ1) is 8.83. The quantitative estimate of drug-likeness (QED) is 0.318. The number of nitrogens with one attached hydrogen (secondary N) is 2. The molecule has 0 aliphatic rings. The molecule has 2 amide bonds. The van der Waals surface area contributed by atoms with Crippen LogP contribution in [0.3, 0.4) is 0 Å². The number of hydrazine groups is 1. The van der Waals surface area contributed by atoms with E-state index in [0.29, 0.717) is 0 Å². The van der Waals surface area contributed by atoms with Crippen molar-refractivity contribution >= 4 is 11.8 Å². The molecule has 0 unspecified atom stereocenters. The fraction of sp³-hybridized carbons (Fsp3) is 0.200. The number of carbonyl (C=O) groups is 2. The van der Waals surface area contributed by atoms with Crippen molar-refractivity contribution in [2.75, 3.05) is 0 Å². The summed E-state index contributed by atoms with van der Waals surface area (Å²) in [6.45, 7) is -0.307. The van der Waals surface area contributed by atoms with Gasteiger partial charge < -0.3 is 10.1 Å². The third-order valence-electron chi connectivity index (χ3n) is 1.98. The molecule has 0 aromatic heterocycles. The molecular formula is C10H10F3N3O3. The standard InChI is InChI=1S/C10H10F3N3O3/c11-10(12,13)19-7-4-2-1-3-6(7)5-15-8(17)9(18)16-14/h1-4H,5,14H2,(H,15,17)(H,16,18). The van der Waals surface area contributed by atoms with E-state index in [1.54, 1.807) is 5.43 Å². The van der Waals surface area contributed by atoms with Gasteiger partial charge in [0.15, 0.2) is 0 Å². The first-order valence-electron chi connectivity index (χ1n) is 4.96. The van der Waals surface area contributed by atoms with Crippen LogP contribution in [0.25, 0.3) is 0 Å². The summed E-state index contributed by atoms with van der Waals surface area (Å²) in [6.07, 6.45) is -4.84. The highest BCUT2D eigenvalue weighted by Crippen LogP contribution is 2.25. The molecule has 0 saturated carbocycles. The van der Waals surface area contributed by atoms with Crippen molar-refractivity contribution in [2.24, 2.45) is 5.84 Å². The Labute approximate surface area is 105 Å². The molecule has 0 saturated heterocycles. The van der Waals surface area contributed by atoms with Crippen molar-refractivity contribution in [2.45, 2.75) is 12.9 Å². The highest BCUT2D eigenvalue weighted by atomic mass is 19.4. The van der Waals surface area contributed by atoms with Crippen LogP contribution < -0.4 is 21.3 Å². The lowest BCUT2D eigenvalue weighted by Gasteiger charge is -2.13. The van der Waals surface area contributed by atoms with Gasteiger partial charge in [-0.3, -0.25) is 15.0 Å². The van der Waals surface area contributed by atoms with E-state index in [1.165, 1.54) is 18.2 Å². The molecule has 1 aromatic rings. The maximum atomic E-state index is 12.1. The first-order valence-corrected chi connectivity index (χ1v) is 4.96. The summed E-state index contributed by atoms with van der Waals surface area (Å²) in [5.41, 5.74) is 1.66. The van der Waals surface area contributed by atoms with Crippen LogP contribution >= 0.6 is 0 Å². The molecule has 1 aromatic carbocycles. The molecule has 0 spiro atoms. The van der Waals surface area contributed by atoms with Gasteiger partial charge in [-0.1, -0.05) is 18.2 Å². The number of alkyl halides is 3. The fourth-order valence-electron chi connectivity index (χ4n) is 1.20. The lowest BCUT2D eigenvalue weighted by Crippen LogP contribution is -2.42. The minimum atomic E-state index is -4.84. The number of hydrogen-bond acceptors (Lipinski definition) is 4. The van der Waals surface area contributed by atoms with E-state index in [0.717, 1.165) is 6.07 Å². The van der Waals surface area contributed by atoms with Gasteiger partial charge in [-0.15, -0.1) is 13.2 Å². The Balaban J connectivity index is 2.73. The van der Waals surface area contributed by atoms with Gasteiger partial charge in [0, 0.05) is 12.1 Å². The fourth-order valence-corrected chi connectivity index (χ4v) is 1.20. The molecule has 0 bridgehead atoms. The number of ether oxygens (including phenoxy) is 1. The number of halogens is 3. The Morgan fingerprint density at radius 2 is 1.84 bits per heavy atom. The third-order valence-corrected chi connectivity index (χ3v) is 1.98. The van der Waals surface area contributed by atoms with Crippen LogP contribution in [0.1, 0.15) is 5.56 Å². The number of hydrogen-bond donors (Lipinski definition) is 3. The monoisotopic (exact) mass is 277 g/mol. The van der Waals surface area contributed by atoms with E-state index in [1.807, 2.05) is 0 Å². The van der Waals surface area contributed by atoms with Gasteiger partial charge in [-0.05, 0) is 6.07 Å². The molecule has 0 aliphatic heterocycles. The normalized spacial score (nSPS) is 10.7. The smallest absolute Gasteiger partial charge is 0.405 e. The van der Waals surface area contributed by atoms with E-state index in [9.17, 15) is 22.8 Å². The van der Waals surface area contributed by atoms with Crippen LogP contribution in [0.4, 0.5) is 13.2 Å². The maximum Gasteiger partial charge on any atom is 0.573 e. The van der Waals surface area contributed by atoms with E-state index in [2.05, 4.69) is 10.1 Å². The summed E-state index contributed by atoms with van der Waals surface area (Å²) in [4.78, 5) is 21.9. The Hall–Kier alpha value is -2.29. The summed E-state index contributed by atoms with van der Waals surface area (Å²) in [7, 11) is 0. The van der Waals surface area contributed by atoms with E-state index < -0.39 is 23.9 Å². The molecule has 0 aliphatic carbocycles. The largest absolute Gasteiger partial charge is 0.573 e. The van der Waals surface area contributed by atoms with Gasteiger partial charge in [-0.2, -0.15) is 0 Å². The SMILES string of the molecule is NNC(=O)C(=O)NCc1ccccc1OC(F)(F)F. The Bertz CT molecular complexity index is 477. The zero-order valence-corrected chi connectivity index (χ0v) is 9.45. The minimum Gasteiger partial charge on any atom is -0.405 e. The molecule has 0 fully saturated rings. The molecule has 1 rings (SSSR count). The van der Waals surface area contributed by atoms with Gasteiger partial charge in [-0.25, -0.2) is 5.84 Å². The summed E-state index contributed by atoms with van der Waals surface area (Å²) in [5, 5.41) is 2.10. The topological polar surface area (TPSA) is 93.5 Å². The van der Waals surface area contributed by atoms with Crippen molar-refractivity contribution in [1.29, 1.82) is 0 Å². The number of benzene rings is 1. The predicted molar refractivity (Wildman–Crippen MR) is 57.3 cm³/mol. The van der Waals surface area contributed by atoms with Crippen LogP contribution in [-0.2, 0) is 16.1 Å². The summed E-state index contributed by atoms with van der Waals surface area (Å²) in [6, 6.07) is 5.23. The molecule has 6 nitrogen and oxygen atoms in total. The lowest BCUT2D eigenvalue weighted by atomic mass is 10.2. The molecule has 104 valence electrons. The summed E-state index contributed by atoms with van der Waals surface area (Å²) >= 11 is 0. The Kier molecular flexibility index (Phi) is 4.70. The molecular weight excluding hydrogens is 267 g/mol. The van der Waals surface area contributed by atoms with Gasteiger partial charge in [0.25, 0.3) is 0 Å². The average Bonchev–Trinajstić information content (AvgIpc) is 2.34. The lowest BCUT2D eigenvalue weighted by molar-refractivity contribution is -0.274. The number of carbonyl (C=O) groups excluding carboxylic acids is 2. The number of amides is 2.